The van der Waals surface area contributed by atoms with Gasteiger partial charge in [0.2, 0.25) is 0 Å². The van der Waals surface area contributed by atoms with Crippen molar-refractivity contribution in [2.75, 3.05) is 11.4 Å². The number of halogens is 1. The van der Waals surface area contributed by atoms with Crippen LogP contribution < -0.4 is 9.64 Å². The van der Waals surface area contributed by atoms with Crippen LogP contribution in [0.3, 0.4) is 0 Å². The second-order valence-electron chi connectivity index (χ2n) is 7.66. The summed E-state index contributed by atoms with van der Waals surface area (Å²) in [5, 5.41) is 0.542. The highest BCUT2D eigenvalue weighted by atomic mass is 32.1. The lowest BCUT2D eigenvalue weighted by Gasteiger charge is -2.20. The predicted molar refractivity (Wildman–Crippen MR) is 131 cm³/mol. The smallest absolute Gasteiger partial charge is 0.260 e. The summed E-state index contributed by atoms with van der Waals surface area (Å²) in [5.74, 6) is 0.875. The van der Waals surface area contributed by atoms with Gasteiger partial charge >= 0.3 is 0 Å². The zero-order valence-corrected chi connectivity index (χ0v) is 19.0. The van der Waals surface area contributed by atoms with Crippen molar-refractivity contribution in [3.8, 4) is 11.5 Å². The molecule has 0 bridgehead atoms. The molecular weight excluding hydrogens is 451 g/mol. The van der Waals surface area contributed by atoms with E-state index in [0.29, 0.717) is 46.2 Å². The third-order valence-electron chi connectivity index (χ3n) is 5.25. The quantitative estimate of drug-likeness (QED) is 0.271. The van der Waals surface area contributed by atoms with Crippen LogP contribution in [0.1, 0.15) is 16.8 Å². The number of aryl methyl sites for hydroxylation is 1. The Morgan fingerprint density at radius 3 is 2.59 bits per heavy atom. The molecule has 0 radical (unpaired) electrons. The van der Waals surface area contributed by atoms with Gasteiger partial charge in [-0.2, -0.15) is 0 Å². The Hall–Kier alpha value is -4.04. The van der Waals surface area contributed by atoms with Gasteiger partial charge in [-0.25, -0.2) is 14.4 Å². The van der Waals surface area contributed by atoms with Crippen LogP contribution in [0.2, 0.25) is 0 Å². The SMILES string of the molecule is O=C(c1ccc(Oc2ccccc2)cc1)N(CCCn1ccnc1)c1nc2ccc(F)cc2s1. The minimum Gasteiger partial charge on any atom is -0.457 e. The summed E-state index contributed by atoms with van der Waals surface area (Å²) in [6.45, 7) is 1.18. The number of amides is 1. The number of ether oxygens (including phenoxy) is 1. The number of rotatable bonds is 8. The summed E-state index contributed by atoms with van der Waals surface area (Å²) in [5.41, 5.74) is 1.19. The molecule has 0 aliphatic heterocycles. The number of fused-ring (bicyclic) bond motifs is 1. The fourth-order valence-corrected chi connectivity index (χ4v) is 4.58. The first-order valence-electron chi connectivity index (χ1n) is 10.8. The predicted octanol–water partition coefficient (Wildman–Crippen LogP) is 6.16. The van der Waals surface area contributed by atoms with E-state index in [0.717, 1.165) is 5.75 Å². The van der Waals surface area contributed by atoms with E-state index in [-0.39, 0.29) is 11.7 Å². The van der Waals surface area contributed by atoms with Crippen molar-refractivity contribution < 1.29 is 13.9 Å². The van der Waals surface area contributed by atoms with Gasteiger partial charge in [-0.05, 0) is 61.0 Å². The van der Waals surface area contributed by atoms with E-state index in [4.69, 9.17) is 4.74 Å². The minimum absolute atomic E-state index is 0.170. The lowest BCUT2D eigenvalue weighted by Crippen LogP contribution is -2.32. The van der Waals surface area contributed by atoms with E-state index in [1.807, 2.05) is 41.1 Å². The summed E-state index contributed by atoms with van der Waals surface area (Å²) in [6, 6.07) is 21.0. The van der Waals surface area contributed by atoms with Crippen LogP contribution in [0.25, 0.3) is 10.2 Å². The highest BCUT2D eigenvalue weighted by Crippen LogP contribution is 2.31. The molecule has 0 aliphatic carbocycles. The average molecular weight is 473 g/mol. The first-order chi connectivity index (χ1) is 16.7. The van der Waals surface area contributed by atoms with Crippen LogP contribution in [-0.4, -0.2) is 27.0 Å². The van der Waals surface area contributed by atoms with Gasteiger partial charge in [0, 0.05) is 31.0 Å². The van der Waals surface area contributed by atoms with Gasteiger partial charge in [-0.3, -0.25) is 9.69 Å². The number of hydrogen-bond acceptors (Lipinski definition) is 5. The van der Waals surface area contributed by atoms with Crippen molar-refractivity contribution in [1.82, 2.24) is 14.5 Å². The zero-order chi connectivity index (χ0) is 23.3. The van der Waals surface area contributed by atoms with Crippen molar-refractivity contribution in [3.05, 3.63) is 103 Å². The number of hydrogen-bond donors (Lipinski definition) is 0. The molecule has 0 unspecified atom stereocenters. The summed E-state index contributed by atoms with van der Waals surface area (Å²) in [4.78, 5) is 23.8. The standard InChI is InChI=1S/C26H21FN4O2S/c27-20-9-12-23-24(17-20)34-26(29-23)31(15-4-14-30-16-13-28-18-30)25(32)19-7-10-22(11-8-19)33-21-5-2-1-3-6-21/h1-3,5-13,16-18H,4,14-15H2. The third kappa shape index (κ3) is 4.97. The Labute approximate surface area is 199 Å². The highest BCUT2D eigenvalue weighted by Gasteiger charge is 2.21. The molecule has 34 heavy (non-hydrogen) atoms. The summed E-state index contributed by atoms with van der Waals surface area (Å²) >= 11 is 1.31. The van der Waals surface area contributed by atoms with Crippen LogP contribution in [0.4, 0.5) is 9.52 Å². The lowest BCUT2D eigenvalue weighted by molar-refractivity contribution is 0.0986. The maximum Gasteiger partial charge on any atom is 0.260 e. The molecule has 0 saturated heterocycles. The van der Waals surface area contributed by atoms with E-state index >= 15 is 0 Å². The first-order valence-corrected chi connectivity index (χ1v) is 11.6. The third-order valence-corrected chi connectivity index (χ3v) is 6.29. The van der Waals surface area contributed by atoms with E-state index < -0.39 is 0 Å². The molecule has 2 heterocycles. The van der Waals surface area contributed by atoms with Gasteiger partial charge < -0.3 is 9.30 Å². The molecule has 5 rings (SSSR count). The Bertz CT molecular complexity index is 1390. The molecule has 0 N–H and O–H groups in total. The number of thiazole rings is 1. The number of carbonyl (C=O) groups excluding carboxylic acids is 1. The van der Waals surface area contributed by atoms with Crippen LogP contribution in [-0.2, 0) is 6.54 Å². The van der Waals surface area contributed by atoms with Crippen molar-refractivity contribution in [2.45, 2.75) is 13.0 Å². The second-order valence-corrected chi connectivity index (χ2v) is 8.67. The minimum atomic E-state index is -0.324. The van der Waals surface area contributed by atoms with E-state index in [2.05, 4.69) is 9.97 Å². The van der Waals surface area contributed by atoms with Gasteiger partial charge in [0.15, 0.2) is 5.13 Å². The van der Waals surface area contributed by atoms with E-state index in [9.17, 15) is 9.18 Å². The Morgan fingerprint density at radius 2 is 1.82 bits per heavy atom. The fourth-order valence-electron chi connectivity index (χ4n) is 3.56. The molecule has 0 aliphatic rings. The first kappa shape index (κ1) is 21.8. The number of aromatic nitrogens is 3. The molecule has 3 aromatic carbocycles. The van der Waals surface area contributed by atoms with Crippen molar-refractivity contribution in [1.29, 1.82) is 0 Å². The normalized spacial score (nSPS) is 11.0. The van der Waals surface area contributed by atoms with Gasteiger partial charge in [0.1, 0.15) is 17.3 Å². The number of carbonyl (C=O) groups is 1. The Kier molecular flexibility index (Phi) is 6.31. The van der Waals surface area contributed by atoms with E-state index in [1.54, 1.807) is 47.8 Å². The van der Waals surface area contributed by atoms with Crippen LogP contribution >= 0.6 is 11.3 Å². The van der Waals surface area contributed by atoms with Crippen molar-refractivity contribution in [3.63, 3.8) is 0 Å². The largest absolute Gasteiger partial charge is 0.457 e. The van der Waals surface area contributed by atoms with Gasteiger partial charge in [-0.1, -0.05) is 29.5 Å². The van der Waals surface area contributed by atoms with Crippen molar-refractivity contribution in [2.24, 2.45) is 0 Å². The Balaban J connectivity index is 1.38. The molecule has 0 atom stereocenters. The maximum absolute atomic E-state index is 13.7. The number of nitrogens with zero attached hydrogens (tertiary/aromatic N) is 4. The summed E-state index contributed by atoms with van der Waals surface area (Å²) < 4.78 is 22.2. The lowest BCUT2D eigenvalue weighted by atomic mass is 10.2. The average Bonchev–Trinajstić information content (AvgIpc) is 3.52. The van der Waals surface area contributed by atoms with Gasteiger partial charge in [0.25, 0.3) is 5.91 Å². The molecule has 0 saturated carbocycles. The van der Waals surface area contributed by atoms with Crippen LogP contribution in [0.5, 0.6) is 11.5 Å². The molecule has 170 valence electrons. The number of para-hydroxylation sites is 1. The van der Waals surface area contributed by atoms with Gasteiger partial charge in [-0.15, -0.1) is 0 Å². The molecule has 8 heteroatoms. The van der Waals surface area contributed by atoms with Gasteiger partial charge in [0.05, 0.1) is 16.5 Å². The Morgan fingerprint density at radius 1 is 1.03 bits per heavy atom. The topological polar surface area (TPSA) is 60.2 Å². The molecule has 6 nitrogen and oxygen atoms in total. The molecule has 0 spiro atoms. The zero-order valence-electron chi connectivity index (χ0n) is 18.2. The molecule has 0 fully saturated rings. The van der Waals surface area contributed by atoms with Crippen molar-refractivity contribution >= 4 is 32.6 Å². The maximum atomic E-state index is 13.7. The summed E-state index contributed by atoms with van der Waals surface area (Å²) in [7, 11) is 0. The number of benzene rings is 3. The molecule has 2 aromatic heterocycles. The number of anilines is 1. The fraction of sp³-hybridized carbons (Fsp3) is 0.115. The highest BCUT2D eigenvalue weighted by molar-refractivity contribution is 7.22. The molecular formula is C26H21FN4O2S. The summed E-state index contributed by atoms with van der Waals surface area (Å²) in [6.07, 6.45) is 6.07. The van der Waals surface area contributed by atoms with Crippen LogP contribution in [0, 0.1) is 5.82 Å². The van der Waals surface area contributed by atoms with Crippen LogP contribution in [0.15, 0.2) is 91.5 Å². The molecule has 5 aromatic rings. The monoisotopic (exact) mass is 472 g/mol. The second kappa shape index (κ2) is 9.84. The molecule has 1 amide bonds. The number of imidazole rings is 1. The van der Waals surface area contributed by atoms with E-state index in [1.165, 1.54) is 23.5 Å².